The quantitative estimate of drug-likeness (QED) is 0.919. The van der Waals surface area contributed by atoms with E-state index in [1.165, 1.54) is 27.7 Å². The number of nitrogens with one attached hydrogen (secondary N) is 1. The van der Waals surface area contributed by atoms with E-state index in [9.17, 15) is 0 Å². The predicted octanol–water partition coefficient (Wildman–Crippen LogP) is 2.23. The molecule has 0 amide bonds. The van der Waals surface area contributed by atoms with Gasteiger partial charge in [0.15, 0.2) is 0 Å². The Bertz CT molecular complexity index is 551. The third-order valence-electron chi connectivity index (χ3n) is 3.68. The van der Waals surface area contributed by atoms with Crippen molar-refractivity contribution >= 4 is 11.5 Å². The van der Waals surface area contributed by atoms with Gasteiger partial charge in [-0.2, -0.15) is 0 Å². The van der Waals surface area contributed by atoms with Gasteiger partial charge < -0.3 is 5.32 Å². The van der Waals surface area contributed by atoms with Crippen molar-refractivity contribution in [1.82, 2.24) is 19.9 Å². The first-order valence-corrected chi connectivity index (χ1v) is 6.98. The maximum Gasteiger partial charge on any atom is 0.0773 e. The van der Waals surface area contributed by atoms with Crippen LogP contribution in [-0.4, -0.2) is 21.6 Å². The first-order valence-electron chi connectivity index (χ1n) is 6.21. The number of aromatic nitrogens is 3. The molecule has 2 aromatic heterocycles. The largest absolute Gasteiger partial charge is 0.312 e. The van der Waals surface area contributed by atoms with E-state index in [0.717, 1.165) is 18.5 Å². The summed E-state index contributed by atoms with van der Waals surface area (Å²) in [5, 5.41) is 7.54. The maximum atomic E-state index is 4.57. The van der Waals surface area contributed by atoms with E-state index in [1.54, 1.807) is 0 Å². The Hall–Kier alpha value is -1.33. The molecule has 0 saturated carbocycles. The molecule has 0 spiro atoms. The molecule has 2 unspecified atom stereocenters. The van der Waals surface area contributed by atoms with Gasteiger partial charge in [-0.3, -0.25) is 4.98 Å². The standard InChI is InChI=1S/C13H16N4S/c1-8-13(18-17-16-8)12(14-2)10-6-5-9-4-3-7-15-11(9)10/h3-4,7,10,12,14H,5-6H2,1-2H3. The molecular weight excluding hydrogens is 244 g/mol. The number of aryl methyl sites for hydroxylation is 2. The van der Waals surface area contributed by atoms with E-state index in [2.05, 4.69) is 26.0 Å². The molecule has 0 saturated heterocycles. The summed E-state index contributed by atoms with van der Waals surface area (Å²) >= 11 is 1.49. The molecule has 0 fully saturated rings. The van der Waals surface area contributed by atoms with Crippen molar-refractivity contribution in [2.45, 2.75) is 31.7 Å². The van der Waals surface area contributed by atoms with Gasteiger partial charge in [0.25, 0.3) is 0 Å². The monoisotopic (exact) mass is 260 g/mol. The second kappa shape index (κ2) is 4.74. The Kier molecular flexibility index (Phi) is 3.09. The van der Waals surface area contributed by atoms with Crippen molar-refractivity contribution < 1.29 is 0 Å². The fourth-order valence-electron chi connectivity index (χ4n) is 2.81. The van der Waals surface area contributed by atoms with Crippen molar-refractivity contribution in [3.63, 3.8) is 0 Å². The number of pyridine rings is 1. The summed E-state index contributed by atoms with van der Waals surface area (Å²) in [7, 11) is 2.00. The Morgan fingerprint density at radius 3 is 3.11 bits per heavy atom. The van der Waals surface area contributed by atoms with E-state index < -0.39 is 0 Å². The number of nitrogens with zero attached hydrogens (tertiary/aromatic N) is 3. The lowest BCUT2D eigenvalue weighted by Crippen LogP contribution is -2.23. The third kappa shape index (κ3) is 1.83. The molecule has 1 N–H and O–H groups in total. The average molecular weight is 260 g/mol. The van der Waals surface area contributed by atoms with Crippen molar-refractivity contribution in [1.29, 1.82) is 0 Å². The second-order valence-corrected chi connectivity index (χ2v) is 5.47. The lowest BCUT2D eigenvalue weighted by Gasteiger charge is -2.22. The van der Waals surface area contributed by atoms with Crippen molar-refractivity contribution in [3.8, 4) is 0 Å². The van der Waals surface area contributed by atoms with Crippen LogP contribution < -0.4 is 5.32 Å². The van der Waals surface area contributed by atoms with Crippen LogP contribution in [0.15, 0.2) is 18.3 Å². The highest BCUT2D eigenvalue weighted by molar-refractivity contribution is 7.05. The Morgan fingerprint density at radius 1 is 1.50 bits per heavy atom. The van der Waals surface area contributed by atoms with Crippen molar-refractivity contribution in [2.24, 2.45) is 0 Å². The van der Waals surface area contributed by atoms with Gasteiger partial charge in [-0.15, -0.1) is 5.10 Å². The van der Waals surface area contributed by atoms with Crippen molar-refractivity contribution in [3.05, 3.63) is 40.2 Å². The maximum absolute atomic E-state index is 4.57. The molecule has 18 heavy (non-hydrogen) atoms. The van der Waals surface area contributed by atoms with Gasteiger partial charge in [0.1, 0.15) is 0 Å². The Balaban J connectivity index is 1.98. The van der Waals surface area contributed by atoms with E-state index >= 15 is 0 Å². The van der Waals surface area contributed by atoms with Gasteiger partial charge in [0, 0.05) is 17.8 Å². The zero-order valence-electron chi connectivity index (χ0n) is 10.6. The summed E-state index contributed by atoms with van der Waals surface area (Å²) in [6.07, 6.45) is 4.16. The molecular formula is C13H16N4S. The van der Waals surface area contributed by atoms with Crippen LogP contribution in [0.4, 0.5) is 0 Å². The van der Waals surface area contributed by atoms with E-state index in [1.807, 2.05) is 26.2 Å². The molecule has 0 aliphatic heterocycles. The molecule has 2 heterocycles. The topological polar surface area (TPSA) is 50.7 Å². The molecule has 2 atom stereocenters. The zero-order valence-corrected chi connectivity index (χ0v) is 11.4. The molecule has 3 rings (SSSR count). The minimum Gasteiger partial charge on any atom is -0.312 e. The molecule has 0 aromatic carbocycles. The van der Waals surface area contributed by atoms with Crippen LogP contribution >= 0.6 is 11.5 Å². The highest BCUT2D eigenvalue weighted by atomic mass is 32.1. The van der Waals surface area contributed by atoms with Crippen molar-refractivity contribution in [2.75, 3.05) is 7.05 Å². The second-order valence-electron chi connectivity index (χ2n) is 4.68. The molecule has 4 nitrogen and oxygen atoms in total. The fourth-order valence-corrected chi connectivity index (χ4v) is 3.63. The fraction of sp³-hybridized carbons (Fsp3) is 0.462. The van der Waals surface area contributed by atoms with Gasteiger partial charge in [0.05, 0.1) is 16.6 Å². The Labute approximate surface area is 111 Å². The van der Waals surface area contributed by atoms with Crippen LogP contribution in [0.5, 0.6) is 0 Å². The van der Waals surface area contributed by atoms with Gasteiger partial charge in [-0.05, 0) is 50.0 Å². The van der Waals surface area contributed by atoms with Crippen LogP contribution in [-0.2, 0) is 6.42 Å². The van der Waals surface area contributed by atoms with Crippen LogP contribution in [0, 0.1) is 6.92 Å². The van der Waals surface area contributed by atoms with Gasteiger partial charge in [-0.1, -0.05) is 10.6 Å². The van der Waals surface area contributed by atoms with Crippen LogP contribution in [0.2, 0.25) is 0 Å². The number of fused-ring (bicyclic) bond motifs is 1. The smallest absolute Gasteiger partial charge is 0.0773 e. The predicted molar refractivity (Wildman–Crippen MR) is 71.7 cm³/mol. The molecule has 2 aromatic rings. The summed E-state index contributed by atoms with van der Waals surface area (Å²) in [5.41, 5.74) is 3.66. The van der Waals surface area contributed by atoms with E-state index in [4.69, 9.17) is 0 Å². The highest BCUT2D eigenvalue weighted by Crippen LogP contribution is 2.41. The lowest BCUT2D eigenvalue weighted by molar-refractivity contribution is 0.474. The van der Waals surface area contributed by atoms with Crippen LogP contribution in [0.1, 0.15) is 40.2 Å². The van der Waals surface area contributed by atoms with E-state index in [0.29, 0.717) is 5.92 Å². The molecule has 5 heteroatoms. The summed E-state index contributed by atoms with van der Waals surface area (Å²) in [6, 6.07) is 4.49. The summed E-state index contributed by atoms with van der Waals surface area (Å²) in [6.45, 7) is 2.03. The van der Waals surface area contributed by atoms with Gasteiger partial charge in [0.2, 0.25) is 0 Å². The van der Waals surface area contributed by atoms with Crippen LogP contribution in [0.25, 0.3) is 0 Å². The third-order valence-corrected chi connectivity index (χ3v) is 4.59. The molecule has 1 aliphatic carbocycles. The summed E-state index contributed by atoms with van der Waals surface area (Å²) in [4.78, 5) is 5.81. The highest BCUT2D eigenvalue weighted by Gasteiger charge is 2.33. The normalized spacial score (nSPS) is 19.8. The SMILES string of the molecule is CNC(c1snnc1C)C1CCc2cccnc21. The zero-order chi connectivity index (χ0) is 12.5. The average Bonchev–Trinajstić information content (AvgIpc) is 2.99. The summed E-state index contributed by atoms with van der Waals surface area (Å²) in [5.74, 6) is 0.437. The molecule has 0 bridgehead atoms. The first-order chi connectivity index (χ1) is 8.81. The molecule has 94 valence electrons. The minimum absolute atomic E-state index is 0.279. The lowest BCUT2D eigenvalue weighted by atomic mass is 9.95. The van der Waals surface area contributed by atoms with Gasteiger partial charge >= 0.3 is 0 Å². The van der Waals surface area contributed by atoms with Gasteiger partial charge in [-0.25, -0.2) is 0 Å². The Morgan fingerprint density at radius 2 is 2.39 bits per heavy atom. The number of rotatable bonds is 3. The minimum atomic E-state index is 0.279. The van der Waals surface area contributed by atoms with Crippen LogP contribution in [0.3, 0.4) is 0 Å². The first kappa shape index (κ1) is 11.7. The molecule has 0 radical (unpaired) electrons. The van der Waals surface area contributed by atoms with E-state index in [-0.39, 0.29) is 6.04 Å². The summed E-state index contributed by atoms with van der Waals surface area (Å²) < 4.78 is 4.05. The molecule has 1 aliphatic rings. The number of likely N-dealkylation sites (N-methyl/N-ethyl adjacent to an activating group) is 1. The number of hydrogen-bond donors (Lipinski definition) is 1. The number of hydrogen-bond acceptors (Lipinski definition) is 5.